The maximum absolute atomic E-state index is 13.1. The van der Waals surface area contributed by atoms with Gasteiger partial charge in [-0.25, -0.2) is 0 Å². The van der Waals surface area contributed by atoms with Crippen LogP contribution in [0.15, 0.2) is 42.5 Å². The Bertz CT molecular complexity index is 979. The van der Waals surface area contributed by atoms with E-state index in [-0.39, 0.29) is 5.91 Å². The van der Waals surface area contributed by atoms with E-state index < -0.39 is 6.10 Å². The first-order valence-electron chi connectivity index (χ1n) is 11.8. The van der Waals surface area contributed by atoms with E-state index in [1.165, 1.54) is 16.8 Å². The summed E-state index contributed by atoms with van der Waals surface area (Å²) < 4.78 is 5.56. The minimum Gasteiger partial charge on any atom is -0.390 e. The van der Waals surface area contributed by atoms with Crippen LogP contribution < -0.4 is 4.90 Å². The lowest BCUT2D eigenvalue weighted by atomic mass is 9.97. The predicted molar refractivity (Wildman–Crippen MR) is 125 cm³/mol. The molecule has 1 unspecified atom stereocenters. The summed E-state index contributed by atoms with van der Waals surface area (Å²) in [7, 11) is 0. The summed E-state index contributed by atoms with van der Waals surface area (Å²) in [6, 6.07) is 15.1. The molecule has 3 aliphatic rings. The second-order valence-corrected chi connectivity index (χ2v) is 9.37. The van der Waals surface area contributed by atoms with E-state index in [1.54, 1.807) is 0 Å². The Morgan fingerprint density at radius 3 is 2.69 bits per heavy atom. The van der Waals surface area contributed by atoms with Crippen LogP contribution in [0.25, 0.3) is 0 Å². The molecule has 2 aromatic rings. The third-order valence-electron chi connectivity index (χ3n) is 7.07. The van der Waals surface area contributed by atoms with Gasteiger partial charge >= 0.3 is 0 Å². The van der Waals surface area contributed by atoms with Crippen molar-refractivity contribution in [3.63, 3.8) is 0 Å². The van der Waals surface area contributed by atoms with Crippen molar-refractivity contribution in [3.8, 4) is 0 Å². The molecule has 170 valence electrons. The number of carbonyl (C=O) groups is 1. The fourth-order valence-corrected chi connectivity index (χ4v) is 5.31. The Kier molecular flexibility index (Phi) is 6.17. The van der Waals surface area contributed by atoms with E-state index in [2.05, 4.69) is 53.1 Å². The van der Waals surface area contributed by atoms with Crippen LogP contribution in [0.1, 0.15) is 34.0 Å². The number of nitrogens with zero attached hydrogens (tertiary/aromatic N) is 3. The molecule has 2 atom stereocenters. The number of benzene rings is 2. The van der Waals surface area contributed by atoms with Crippen LogP contribution in [0.3, 0.4) is 0 Å². The molecule has 5 rings (SSSR count). The van der Waals surface area contributed by atoms with Gasteiger partial charge in [-0.1, -0.05) is 24.3 Å². The highest BCUT2D eigenvalue weighted by molar-refractivity contribution is 5.97. The topological polar surface area (TPSA) is 56.2 Å². The Hall–Kier alpha value is -2.41. The molecular formula is C26H33N3O3. The first kappa shape index (κ1) is 21.4. The van der Waals surface area contributed by atoms with Crippen LogP contribution >= 0.6 is 0 Å². The number of anilines is 1. The highest BCUT2D eigenvalue weighted by atomic mass is 16.5. The zero-order chi connectivity index (χ0) is 22.1. The summed E-state index contributed by atoms with van der Waals surface area (Å²) in [6.07, 6.45) is 1.31. The lowest BCUT2D eigenvalue weighted by Gasteiger charge is -2.37. The van der Waals surface area contributed by atoms with Gasteiger partial charge in [0.15, 0.2) is 0 Å². The van der Waals surface area contributed by atoms with E-state index >= 15 is 0 Å². The summed E-state index contributed by atoms with van der Waals surface area (Å²) in [5, 5.41) is 10.8. The number of carbonyl (C=O) groups excluding carboxylic acids is 1. The SMILES string of the molecule is CC1COCCN1c1ccc2c(c1)CCN(C[C@H](O)CN1CCc3ccccc3C1)C2=O. The molecule has 0 radical (unpaired) electrons. The van der Waals surface area contributed by atoms with Crippen molar-refractivity contribution >= 4 is 11.6 Å². The highest BCUT2D eigenvalue weighted by Gasteiger charge is 2.28. The zero-order valence-corrected chi connectivity index (χ0v) is 18.9. The number of amides is 1. The van der Waals surface area contributed by atoms with E-state index in [4.69, 9.17) is 4.74 Å². The third-order valence-corrected chi connectivity index (χ3v) is 7.07. The summed E-state index contributed by atoms with van der Waals surface area (Å²) >= 11 is 0. The number of hydrogen-bond acceptors (Lipinski definition) is 5. The molecule has 0 aliphatic carbocycles. The molecule has 32 heavy (non-hydrogen) atoms. The van der Waals surface area contributed by atoms with Crippen LogP contribution in [0.2, 0.25) is 0 Å². The fraction of sp³-hybridized carbons (Fsp3) is 0.500. The van der Waals surface area contributed by atoms with Crippen molar-refractivity contribution in [2.75, 3.05) is 50.8 Å². The predicted octanol–water partition coefficient (Wildman–Crippen LogP) is 2.33. The molecule has 6 heteroatoms. The molecule has 3 aliphatic heterocycles. The van der Waals surface area contributed by atoms with Gasteiger partial charge in [0.1, 0.15) is 0 Å². The summed E-state index contributed by atoms with van der Waals surface area (Å²) in [6.45, 7) is 8.01. The summed E-state index contributed by atoms with van der Waals surface area (Å²) in [5.41, 5.74) is 5.82. The van der Waals surface area contributed by atoms with Gasteiger partial charge in [-0.3, -0.25) is 9.69 Å². The van der Waals surface area contributed by atoms with Gasteiger partial charge in [0.25, 0.3) is 5.91 Å². The van der Waals surface area contributed by atoms with Crippen LogP contribution in [0.4, 0.5) is 5.69 Å². The molecule has 1 fully saturated rings. The number of rotatable bonds is 5. The number of aliphatic hydroxyl groups excluding tert-OH is 1. The molecule has 1 saturated heterocycles. The largest absolute Gasteiger partial charge is 0.390 e. The maximum Gasteiger partial charge on any atom is 0.254 e. The first-order chi connectivity index (χ1) is 15.6. The van der Waals surface area contributed by atoms with Gasteiger partial charge in [0.05, 0.1) is 19.3 Å². The van der Waals surface area contributed by atoms with Crippen molar-refractivity contribution in [1.82, 2.24) is 9.80 Å². The number of fused-ring (bicyclic) bond motifs is 2. The molecule has 1 amide bonds. The van der Waals surface area contributed by atoms with Gasteiger partial charge in [-0.15, -0.1) is 0 Å². The second-order valence-electron chi connectivity index (χ2n) is 9.37. The number of β-amino-alcohol motifs (C(OH)–C–C–N with tert-alkyl or cyclic N) is 1. The number of ether oxygens (including phenoxy) is 1. The molecule has 6 nitrogen and oxygen atoms in total. The van der Waals surface area contributed by atoms with Gasteiger partial charge in [-0.2, -0.15) is 0 Å². The zero-order valence-electron chi connectivity index (χ0n) is 18.9. The van der Waals surface area contributed by atoms with Crippen LogP contribution in [0, 0.1) is 0 Å². The Labute approximate surface area is 190 Å². The molecule has 3 heterocycles. The maximum atomic E-state index is 13.1. The van der Waals surface area contributed by atoms with E-state index in [0.717, 1.165) is 56.8 Å². The van der Waals surface area contributed by atoms with E-state index in [9.17, 15) is 9.90 Å². The summed E-state index contributed by atoms with van der Waals surface area (Å²) in [4.78, 5) is 19.6. The Morgan fingerprint density at radius 1 is 1.03 bits per heavy atom. The fourth-order valence-electron chi connectivity index (χ4n) is 5.31. The Balaban J connectivity index is 1.20. The normalized spacial score (nSPS) is 22.4. The molecule has 2 aromatic carbocycles. The number of morpholine rings is 1. The second kappa shape index (κ2) is 9.22. The van der Waals surface area contributed by atoms with Crippen LogP contribution in [-0.2, 0) is 24.1 Å². The average molecular weight is 436 g/mol. The summed E-state index contributed by atoms with van der Waals surface area (Å²) in [5.74, 6) is 0.0378. The molecule has 1 N–H and O–H groups in total. The van der Waals surface area contributed by atoms with Crippen molar-refractivity contribution < 1.29 is 14.6 Å². The van der Waals surface area contributed by atoms with E-state index in [1.807, 2.05) is 11.0 Å². The molecule has 0 spiro atoms. The van der Waals surface area contributed by atoms with Crippen LogP contribution in [-0.4, -0.2) is 78.9 Å². The standard InChI is InChI=1S/C26H33N3O3/c1-19-18-32-13-12-29(19)23-6-7-25-21(14-23)9-11-28(26(25)31)17-24(30)16-27-10-8-20-4-2-3-5-22(20)15-27/h2-7,14,19,24,30H,8-13,15-18H2,1H3/t19?,24-/m1/s1. The van der Waals surface area contributed by atoms with Crippen molar-refractivity contribution in [2.24, 2.45) is 0 Å². The van der Waals surface area contributed by atoms with Gasteiger partial charge in [0.2, 0.25) is 0 Å². The monoisotopic (exact) mass is 435 g/mol. The third kappa shape index (κ3) is 4.40. The smallest absolute Gasteiger partial charge is 0.254 e. The molecular weight excluding hydrogens is 402 g/mol. The number of aliphatic hydroxyl groups is 1. The van der Waals surface area contributed by atoms with Crippen molar-refractivity contribution in [1.29, 1.82) is 0 Å². The minimum absolute atomic E-state index is 0.0378. The quantitative estimate of drug-likeness (QED) is 0.781. The molecule has 0 aromatic heterocycles. The van der Waals surface area contributed by atoms with Gasteiger partial charge < -0.3 is 19.6 Å². The lowest BCUT2D eigenvalue weighted by Crippen LogP contribution is -2.46. The first-order valence-corrected chi connectivity index (χ1v) is 11.8. The molecule has 0 bridgehead atoms. The Morgan fingerprint density at radius 2 is 1.84 bits per heavy atom. The minimum atomic E-state index is -0.542. The van der Waals surface area contributed by atoms with E-state index in [0.29, 0.717) is 25.7 Å². The molecule has 0 saturated carbocycles. The lowest BCUT2D eigenvalue weighted by molar-refractivity contribution is 0.0493. The number of hydrogen-bond donors (Lipinski definition) is 1. The van der Waals surface area contributed by atoms with Crippen molar-refractivity contribution in [3.05, 3.63) is 64.7 Å². The average Bonchev–Trinajstić information content (AvgIpc) is 2.81. The van der Waals surface area contributed by atoms with Gasteiger partial charge in [-0.05, 0) is 54.7 Å². The highest BCUT2D eigenvalue weighted by Crippen LogP contribution is 2.27. The van der Waals surface area contributed by atoms with Gasteiger partial charge in [0, 0.05) is 56.6 Å². The van der Waals surface area contributed by atoms with Crippen molar-refractivity contribution in [2.45, 2.75) is 38.5 Å². The van der Waals surface area contributed by atoms with Crippen LogP contribution in [0.5, 0.6) is 0 Å².